The third kappa shape index (κ3) is 2.20. The van der Waals surface area contributed by atoms with Gasteiger partial charge in [0.1, 0.15) is 5.82 Å². The molecule has 0 spiro atoms. The number of hydrogen-bond acceptors (Lipinski definition) is 4. The summed E-state index contributed by atoms with van der Waals surface area (Å²) >= 11 is 3.45. The van der Waals surface area contributed by atoms with Gasteiger partial charge in [-0.3, -0.25) is 0 Å². The Morgan fingerprint density at radius 1 is 1.19 bits per heavy atom. The number of rotatable bonds is 2. The van der Waals surface area contributed by atoms with E-state index in [1.54, 1.807) is 6.07 Å². The summed E-state index contributed by atoms with van der Waals surface area (Å²) in [6, 6.07) is 9.40. The number of nitrogens with zero attached hydrogens (tertiary/aromatic N) is 2. The molecule has 1 aromatic heterocycles. The minimum atomic E-state index is 0.351. The highest BCUT2D eigenvalue weighted by molar-refractivity contribution is 9.10. The summed E-state index contributed by atoms with van der Waals surface area (Å²) in [4.78, 5) is 8.53. The van der Waals surface area contributed by atoms with Gasteiger partial charge >= 0.3 is 0 Å². The molecule has 5 heteroatoms. The van der Waals surface area contributed by atoms with Gasteiger partial charge in [-0.25, -0.2) is 9.97 Å². The second-order valence-electron chi connectivity index (χ2n) is 3.29. The van der Waals surface area contributed by atoms with E-state index in [4.69, 9.17) is 11.5 Å². The van der Waals surface area contributed by atoms with Gasteiger partial charge in [0.2, 0.25) is 0 Å². The molecule has 0 unspecified atom stereocenters. The van der Waals surface area contributed by atoms with Crippen LogP contribution in [0.25, 0.3) is 11.4 Å². The first kappa shape index (κ1) is 11.0. The summed E-state index contributed by atoms with van der Waals surface area (Å²) in [7, 11) is 0. The normalized spacial score (nSPS) is 10.4. The monoisotopic (exact) mass is 278 g/mol. The fourth-order valence-corrected chi connectivity index (χ4v) is 1.85. The summed E-state index contributed by atoms with van der Waals surface area (Å²) in [6.45, 7) is 0.351. The van der Waals surface area contributed by atoms with Gasteiger partial charge in [0, 0.05) is 22.6 Å². The lowest BCUT2D eigenvalue weighted by molar-refractivity contribution is 0.972. The summed E-state index contributed by atoms with van der Waals surface area (Å²) in [6.07, 6.45) is 0. The Bertz CT molecular complexity index is 513. The molecule has 4 nitrogen and oxygen atoms in total. The molecule has 0 aliphatic heterocycles. The lowest BCUT2D eigenvalue weighted by Crippen LogP contribution is -2.04. The predicted molar refractivity (Wildman–Crippen MR) is 67.5 cm³/mol. The molecule has 0 fully saturated rings. The van der Waals surface area contributed by atoms with E-state index in [1.165, 1.54) is 0 Å². The molecule has 4 N–H and O–H groups in total. The van der Waals surface area contributed by atoms with Crippen molar-refractivity contribution < 1.29 is 0 Å². The number of aromatic nitrogens is 2. The van der Waals surface area contributed by atoms with E-state index < -0.39 is 0 Å². The second kappa shape index (κ2) is 4.59. The van der Waals surface area contributed by atoms with E-state index in [0.717, 1.165) is 15.7 Å². The molecule has 0 saturated heterocycles. The minimum absolute atomic E-state index is 0.351. The van der Waals surface area contributed by atoms with Crippen molar-refractivity contribution in [2.24, 2.45) is 5.73 Å². The fourth-order valence-electron chi connectivity index (χ4n) is 1.39. The fraction of sp³-hybridized carbons (Fsp3) is 0.0909. The smallest absolute Gasteiger partial charge is 0.162 e. The summed E-state index contributed by atoms with van der Waals surface area (Å²) in [5, 5.41) is 0. The van der Waals surface area contributed by atoms with Crippen molar-refractivity contribution in [1.82, 2.24) is 9.97 Å². The Balaban J connectivity index is 2.56. The van der Waals surface area contributed by atoms with Gasteiger partial charge in [0.25, 0.3) is 0 Å². The highest BCUT2D eigenvalue weighted by atomic mass is 79.9. The molecule has 2 rings (SSSR count). The van der Waals surface area contributed by atoms with Crippen LogP contribution in [0, 0.1) is 0 Å². The molecule has 2 aromatic rings. The molecule has 0 aliphatic carbocycles. The quantitative estimate of drug-likeness (QED) is 0.880. The first-order chi connectivity index (χ1) is 7.70. The van der Waals surface area contributed by atoms with E-state index in [-0.39, 0.29) is 0 Å². The number of hydrogen-bond donors (Lipinski definition) is 2. The van der Waals surface area contributed by atoms with Crippen molar-refractivity contribution in [3.05, 3.63) is 40.5 Å². The average Bonchev–Trinajstić information content (AvgIpc) is 2.28. The van der Waals surface area contributed by atoms with E-state index in [1.807, 2.05) is 24.3 Å². The van der Waals surface area contributed by atoms with E-state index >= 15 is 0 Å². The number of anilines is 1. The maximum atomic E-state index is 5.70. The van der Waals surface area contributed by atoms with Crippen LogP contribution in [0.4, 0.5) is 5.82 Å². The van der Waals surface area contributed by atoms with Gasteiger partial charge in [0.05, 0.1) is 5.69 Å². The van der Waals surface area contributed by atoms with Gasteiger partial charge in [-0.1, -0.05) is 34.1 Å². The molecule has 82 valence electrons. The van der Waals surface area contributed by atoms with Gasteiger partial charge in [-0.05, 0) is 6.07 Å². The predicted octanol–water partition coefficient (Wildman–Crippen LogP) is 1.95. The van der Waals surface area contributed by atoms with Crippen LogP contribution < -0.4 is 11.5 Å². The van der Waals surface area contributed by atoms with Crippen molar-refractivity contribution in [1.29, 1.82) is 0 Å². The Morgan fingerprint density at radius 2 is 1.94 bits per heavy atom. The van der Waals surface area contributed by atoms with Crippen LogP contribution in [-0.4, -0.2) is 9.97 Å². The highest BCUT2D eigenvalue weighted by Gasteiger charge is 2.07. The van der Waals surface area contributed by atoms with Crippen LogP contribution in [0.5, 0.6) is 0 Å². The molecule has 0 saturated carbocycles. The van der Waals surface area contributed by atoms with Crippen LogP contribution in [0.15, 0.2) is 34.8 Å². The van der Waals surface area contributed by atoms with Gasteiger partial charge in [-0.15, -0.1) is 0 Å². The molecule has 0 atom stereocenters. The van der Waals surface area contributed by atoms with Crippen LogP contribution in [-0.2, 0) is 6.54 Å². The van der Waals surface area contributed by atoms with Gasteiger partial charge in [0.15, 0.2) is 5.82 Å². The molecule has 0 radical (unpaired) electrons. The molecule has 1 aromatic carbocycles. The third-order valence-corrected chi connectivity index (χ3v) is 2.81. The molecule has 0 amide bonds. The zero-order valence-electron chi connectivity index (χ0n) is 8.52. The molecule has 16 heavy (non-hydrogen) atoms. The van der Waals surface area contributed by atoms with Crippen molar-refractivity contribution in [3.8, 4) is 11.4 Å². The number of halogens is 1. The molecular formula is C11H11BrN4. The first-order valence-electron chi connectivity index (χ1n) is 4.79. The van der Waals surface area contributed by atoms with Crippen LogP contribution >= 0.6 is 15.9 Å². The molecule has 0 bridgehead atoms. The van der Waals surface area contributed by atoms with Gasteiger partial charge in [-0.2, -0.15) is 0 Å². The Labute approximate surface area is 102 Å². The number of nitrogen functional groups attached to an aromatic ring is 1. The van der Waals surface area contributed by atoms with Crippen molar-refractivity contribution >= 4 is 21.7 Å². The summed E-state index contributed by atoms with van der Waals surface area (Å²) in [5.41, 5.74) is 12.9. The summed E-state index contributed by atoms with van der Waals surface area (Å²) < 4.78 is 0.934. The van der Waals surface area contributed by atoms with E-state index in [2.05, 4.69) is 25.9 Å². The van der Waals surface area contributed by atoms with Crippen molar-refractivity contribution in [2.75, 3.05) is 5.73 Å². The third-order valence-electron chi connectivity index (χ3n) is 2.12. The zero-order chi connectivity index (χ0) is 11.5. The van der Waals surface area contributed by atoms with Crippen molar-refractivity contribution in [3.63, 3.8) is 0 Å². The standard InChI is InChI=1S/C11H11BrN4/c12-9-4-2-1-3-8(9)11-15-7(6-13)5-10(14)16-11/h1-5H,6,13H2,(H2,14,15,16). The topological polar surface area (TPSA) is 77.8 Å². The Hall–Kier alpha value is -1.46. The average molecular weight is 279 g/mol. The number of benzene rings is 1. The van der Waals surface area contributed by atoms with Crippen LogP contribution in [0.3, 0.4) is 0 Å². The highest BCUT2D eigenvalue weighted by Crippen LogP contribution is 2.25. The van der Waals surface area contributed by atoms with Crippen LogP contribution in [0.1, 0.15) is 5.69 Å². The number of nitrogens with two attached hydrogens (primary N) is 2. The maximum Gasteiger partial charge on any atom is 0.162 e. The van der Waals surface area contributed by atoms with Gasteiger partial charge < -0.3 is 11.5 Å². The Kier molecular flexibility index (Phi) is 3.17. The largest absolute Gasteiger partial charge is 0.384 e. The molecule has 0 aliphatic rings. The van der Waals surface area contributed by atoms with Crippen molar-refractivity contribution in [2.45, 2.75) is 6.54 Å². The van der Waals surface area contributed by atoms with Crippen LogP contribution in [0.2, 0.25) is 0 Å². The SMILES string of the molecule is NCc1cc(N)nc(-c2ccccc2Br)n1. The summed E-state index contributed by atoms with van der Waals surface area (Å²) in [5.74, 6) is 1.02. The lowest BCUT2D eigenvalue weighted by atomic mass is 10.2. The molecular weight excluding hydrogens is 268 g/mol. The molecule has 1 heterocycles. The maximum absolute atomic E-state index is 5.70. The first-order valence-corrected chi connectivity index (χ1v) is 5.58. The minimum Gasteiger partial charge on any atom is -0.384 e. The van der Waals surface area contributed by atoms with E-state index in [0.29, 0.717) is 18.2 Å². The lowest BCUT2D eigenvalue weighted by Gasteiger charge is -2.05. The zero-order valence-corrected chi connectivity index (χ0v) is 10.1. The second-order valence-corrected chi connectivity index (χ2v) is 4.15. The Morgan fingerprint density at radius 3 is 2.62 bits per heavy atom. The van der Waals surface area contributed by atoms with E-state index in [9.17, 15) is 0 Å².